The van der Waals surface area contributed by atoms with E-state index in [9.17, 15) is 22.8 Å². The Morgan fingerprint density at radius 2 is 1.69 bits per heavy atom. The molecule has 2 rings (SSSR count). The molecule has 0 radical (unpaired) electrons. The number of hydrogen-bond donors (Lipinski definition) is 2. The Kier molecular flexibility index (Phi) is 8.71. The zero-order chi connectivity index (χ0) is 23.9. The lowest BCUT2D eigenvalue weighted by atomic mass is 9.96. The van der Waals surface area contributed by atoms with E-state index >= 15 is 0 Å². The maximum absolute atomic E-state index is 12.3. The number of rotatable bonds is 10. The Morgan fingerprint density at radius 1 is 1.03 bits per heavy atom. The molecule has 0 saturated heterocycles. The van der Waals surface area contributed by atoms with Gasteiger partial charge in [0.05, 0.1) is 23.2 Å². The number of nitrogens with one attached hydrogen (secondary N) is 2. The maximum atomic E-state index is 12.3. The average molecular weight is 481 g/mol. The van der Waals surface area contributed by atoms with Crippen LogP contribution in [0.15, 0.2) is 36.4 Å². The van der Waals surface area contributed by atoms with Crippen LogP contribution in [0.4, 0.5) is 0 Å². The molecule has 0 unspecified atom stereocenters. The summed E-state index contributed by atoms with van der Waals surface area (Å²) in [7, 11) is -3.24. The Balaban J connectivity index is 1.82. The van der Waals surface area contributed by atoms with Crippen LogP contribution < -0.4 is 10.0 Å². The standard InChI is InChI=1S/C22H28N2O6S2/c1-22(2,3)21(27)23-13-17-9-10-19(31-17)18(25)14-30-20(26)16-7-5-15(6-8-16)11-12-24-32(4,28)29/h5-10,24H,11-14H2,1-4H3,(H,23,27). The summed E-state index contributed by atoms with van der Waals surface area (Å²) in [6, 6.07) is 9.98. The number of carbonyl (C=O) groups excluding carboxylic acids is 3. The molecule has 0 aliphatic heterocycles. The number of benzene rings is 1. The summed E-state index contributed by atoms with van der Waals surface area (Å²) in [5, 5.41) is 2.83. The molecule has 2 aromatic rings. The monoisotopic (exact) mass is 480 g/mol. The molecule has 1 amide bonds. The molecule has 1 aromatic heterocycles. The van der Waals surface area contributed by atoms with Gasteiger partial charge in [0.1, 0.15) is 0 Å². The van der Waals surface area contributed by atoms with E-state index < -0.39 is 21.4 Å². The highest BCUT2D eigenvalue weighted by molar-refractivity contribution is 7.88. The van der Waals surface area contributed by atoms with Gasteiger partial charge in [0, 0.05) is 16.8 Å². The minimum atomic E-state index is -3.24. The first-order valence-electron chi connectivity index (χ1n) is 9.96. The zero-order valence-electron chi connectivity index (χ0n) is 18.6. The smallest absolute Gasteiger partial charge is 0.338 e. The van der Waals surface area contributed by atoms with Gasteiger partial charge in [-0.1, -0.05) is 32.9 Å². The molecule has 0 aliphatic carbocycles. The first-order valence-corrected chi connectivity index (χ1v) is 12.7. The highest BCUT2D eigenvalue weighted by Gasteiger charge is 2.21. The van der Waals surface area contributed by atoms with Gasteiger partial charge < -0.3 is 10.1 Å². The molecule has 1 aromatic carbocycles. The van der Waals surface area contributed by atoms with Crippen LogP contribution in [0, 0.1) is 5.41 Å². The summed E-state index contributed by atoms with van der Waals surface area (Å²) >= 11 is 1.25. The fraction of sp³-hybridized carbons (Fsp3) is 0.409. The Morgan fingerprint density at radius 3 is 2.28 bits per heavy atom. The van der Waals surface area contributed by atoms with Crippen LogP contribution >= 0.6 is 11.3 Å². The van der Waals surface area contributed by atoms with Gasteiger partial charge in [-0.2, -0.15) is 0 Å². The van der Waals surface area contributed by atoms with Crippen molar-refractivity contribution in [2.75, 3.05) is 19.4 Å². The molecule has 10 heteroatoms. The van der Waals surface area contributed by atoms with E-state index in [-0.39, 0.29) is 24.8 Å². The molecule has 0 fully saturated rings. The van der Waals surface area contributed by atoms with Crippen molar-refractivity contribution in [2.24, 2.45) is 5.41 Å². The first kappa shape index (κ1) is 25.7. The Labute approximate surface area is 192 Å². The number of ketones is 1. The van der Waals surface area contributed by atoms with Gasteiger partial charge >= 0.3 is 5.97 Å². The molecule has 0 aliphatic rings. The Bertz CT molecular complexity index is 1070. The number of esters is 1. The van der Waals surface area contributed by atoms with Crippen molar-refractivity contribution in [2.45, 2.75) is 33.7 Å². The molecular formula is C22H28N2O6S2. The molecule has 0 atom stereocenters. The highest BCUT2D eigenvalue weighted by Crippen LogP contribution is 2.19. The van der Waals surface area contributed by atoms with Crippen LogP contribution in [-0.2, 0) is 32.5 Å². The quantitative estimate of drug-likeness (QED) is 0.398. The van der Waals surface area contributed by atoms with E-state index in [4.69, 9.17) is 4.74 Å². The van der Waals surface area contributed by atoms with Gasteiger partial charge in [0.25, 0.3) is 0 Å². The summed E-state index contributed by atoms with van der Waals surface area (Å²) in [5.41, 5.74) is 0.669. The van der Waals surface area contributed by atoms with Gasteiger partial charge in [-0.05, 0) is 36.2 Å². The zero-order valence-corrected chi connectivity index (χ0v) is 20.2. The molecule has 32 heavy (non-hydrogen) atoms. The predicted octanol–water partition coefficient (Wildman–Crippen LogP) is 2.54. The van der Waals surface area contributed by atoms with E-state index in [1.165, 1.54) is 11.3 Å². The van der Waals surface area contributed by atoms with Crippen LogP contribution in [0.2, 0.25) is 0 Å². The fourth-order valence-corrected chi connectivity index (χ4v) is 3.87. The second-order valence-corrected chi connectivity index (χ2v) is 11.3. The summed E-state index contributed by atoms with van der Waals surface area (Å²) in [4.78, 5) is 37.8. The van der Waals surface area contributed by atoms with E-state index in [0.29, 0.717) is 23.4 Å². The number of hydrogen-bond acceptors (Lipinski definition) is 7. The third-order valence-electron chi connectivity index (χ3n) is 4.34. The van der Waals surface area contributed by atoms with Gasteiger partial charge in [-0.25, -0.2) is 17.9 Å². The average Bonchev–Trinajstić information content (AvgIpc) is 3.18. The number of thiophene rings is 1. The van der Waals surface area contributed by atoms with Crippen molar-refractivity contribution in [3.05, 3.63) is 57.3 Å². The van der Waals surface area contributed by atoms with E-state index in [1.54, 1.807) is 36.4 Å². The van der Waals surface area contributed by atoms with Gasteiger partial charge in [-0.3, -0.25) is 9.59 Å². The summed E-state index contributed by atoms with van der Waals surface area (Å²) in [5.74, 6) is -1.01. The van der Waals surface area contributed by atoms with Crippen molar-refractivity contribution < 1.29 is 27.5 Å². The molecule has 1 heterocycles. The number of sulfonamides is 1. The van der Waals surface area contributed by atoms with E-state index in [0.717, 1.165) is 16.7 Å². The number of Topliss-reactive ketones (excluding diaryl/α,β-unsaturated/α-hetero) is 1. The molecule has 8 nitrogen and oxygen atoms in total. The topological polar surface area (TPSA) is 119 Å². The highest BCUT2D eigenvalue weighted by atomic mass is 32.2. The minimum Gasteiger partial charge on any atom is -0.454 e. The molecule has 0 saturated carbocycles. The van der Waals surface area contributed by atoms with E-state index in [2.05, 4.69) is 10.0 Å². The lowest BCUT2D eigenvalue weighted by Gasteiger charge is -2.17. The summed E-state index contributed by atoms with van der Waals surface area (Å²) in [6.45, 7) is 5.69. The first-order chi connectivity index (χ1) is 14.8. The SMILES string of the molecule is CC(C)(C)C(=O)NCc1ccc(C(=O)COC(=O)c2ccc(CCNS(C)(=O)=O)cc2)s1. The van der Waals surface area contributed by atoms with Crippen molar-refractivity contribution in [1.82, 2.24) is 10.0 Å². The number of ether oxygens (including phenoxy) is 1. The fourth-order valence-electron chi connectivity index (χ4n) is 2.53. The van der Waals surface area contributed by atoms with Crippen LogP contribution in [0.25, 0.3) is 0 Å². The van der Waals surface area contributed by atoms with Crippen molar-refractivity contribution >= 4 is 39.0 Å². The van der Waals surface area contributed by atoms with Crippen LogP contribution in [-0.4, -0.2) is 45.5 Å². The lowest BCUT2D eigenvalue weighted by molar-refractivity contribution is -0.128. The summed E-state index contributed by atoms with van der Waals surface area (Å²) in [6.07, 6.45) is 1.58. The van der Waals surface area contributed by atoms with Crippen LogP contribution in [0.1, 0.15) is 51.2 Å². The van der Waals surface area contributed by atoms with Gasteiger partial charge in [-0.15, -0.1) is 11.3 Å². The minimum absolute atomic E-state index is 0.0783. The number of amides is 1. The van der Waals surface area contributed by atoms with Crippen LogP contribution in [0.3, 0.4) is 0 Å². The third kappa shape index (κ3) is 8.52. The maximum Gasteiger partial charge on any atom is 0.338 e. The molecule has 0 bridgehead atoms. The second-order valence-electron chi connectivity index (χ2n) is 8.31. The molecule has 174 valence electrons. The molecule has 0 spiro atoms. The van der Waals surface area contributed by atoms with Crippen molar-refractivity contribution in [3.8, 4) is 0 Å². The summed E-state index contributed by atoms with van der Waals surface area (Å²) < 4.78 is 29.7. The molecule has 2 N–H and O–H groups in total. The number of carbonyl (C=O) groups is 3. The van der Waals surface area contributed by atoms with Crippen LogP contribution in [0.5, 0.6) is 0 Å². The largest absolute Gasteiger partial charge is 0.454 e. The second kappa shape index (κ2) is 10.8. The lowest BCUT2D eigenvalue weighted by Crippen LogP contribution is -2.34. The van der Waals surface area contributed by atoms with Crippen molar-refractivity contribution in [1.29, 1.82) is 0 Å². The van der Waals surface area contributed by atoms with Gasteiger partial charge in [0.2, 0.25) is 21.7 Å². The Hall–Kier alpha value is -2.56. The third-order valence-corrected chi connectivity index (χ3v) is 6.20. The van der Waals surface area contributed by atoms with Gasteiger partial charge in [0.15, 0.2) is 6.61 Å². The van der Waals surface area contributed by atoms with E-state index in [1.807, 2.05) is 20.8 Å². The predicted molar refractivity (Wildman–Crippen MR) is 123 cm³/mol. The normalized spacial score (nSPS) is 11.8. The molecular weight excluding hydrogens is 452 g/mol. The van der Waals surface area contributed by atoms with Crippen molar-refractivity contribution in [3.63, 3.8) is 0 Å².